The zero-order valence-corrected chi connectivity index (χ0v) is 15.5. The van der Waals surface area contributed by atoms with Crippen LogP contribution in [0, 0.1) is 0 Å². The topological polar surface area (TPSA) is 65.2 Å². The summed E-state index contributed by atoms with van der Waals surface area (Å²) in [6.07, 6.45) is -1.09. The molecule has 140 valence electrons. The first-order valence-electron chi connectivity index (χ1n) is 8.45. The third-order valence-electron chi connectivity index (χ3n) is 4.41. The van der Waals surface area contributed by atoms with E-state index in [2.05, 4.69) is 20.1 Å². The van der Waals surface area contributed by atoms with Crippen molar-refractivity contribution in [3.63, 3.8) is 0 Å². The van der Waals surface area contributed by atoms with Gasteiger partial charge in [0.2, 0.25) is 0 Å². The Morgan fingerprint density at radius 3 is 2.75 bits per heavy atom. The van der Waals surface area contributed by atoms with Gasteiger partial charge >= 0.3 is 0 Å². The summed E-state index contributed by atoms with van der Waals surface area (Å²) in [5, 5.41) is 5.08. The molecule has 1 aromatic carbocycles. The smallest absolute Gasteiger partial charge is 0.280 e. The van der Waals surface area contributed by atoms with Crippen molar-refractivity contribution < 1.29 is 13.5 Å². The van der Waals surface area contributed by atoms with Crippen molar-refractivity contribution in [1.29, 1.82) is 0 Å². The van der Waals surface area contributed by atoms with Crippen molar-refractivity contribution in [1.82, 2.24) is 24.6 Å². The van der Waals surface area contributed by atoms with E-state index in [-0.39, 0.29) is 12.3 Å². The van der Waals surface area contributed by atoms with Gasteiger partial charge in [-0.2, -0.15) is 0 Å². The van der Waals surface area contributed by atoms with Crippen molar-refractivity contribution in [2.24, 2.45) is 0 Å². The van der Waals surface area contributed by atoms with E-state index in [1.54, 1.807) is 18.0 Å². The first-order chi connectivity index (χ1) is 13.7. The molecule has 5 rings (SSSR count). The van der Waals surface area contributed by atoms with Crippen LogP contribution in [-0.4, -0.2) is 31.7 Å². The lowest BCUT2D eigenvalue weighted by molar-refractivity contribution is 0.146. The number of alkyl halides is 2. The molecule has 0 saturated carbocycles. The van der Waals surface area contributed by atoms with Crippen LogP contribution >= 0.6 is 11.3 Å². The summed E-state index contributed by atoms with van der Waals surface area (Å²) < 4.78 is 34.4. The second-order valence-electron chi connectivity index (χ2n) is 6.20. The number of thiophene rings is 1. The Labute approximate surface area is 161 Å². The van der Waals surface area contributed by atoms with Gasteiger partial charge in [0.1, 0.15) is 28.2 Å². The first kappa shape index (κ1) is 17.1. The van der Waals surface area contributed by atoms with Gasteiger partial charge in [-0.3, -0.25) is 0 Å². The van der Waals surface area contributed by atoms with Gasteiger partial charge in [-0.25, -0.2) is 28.2 Å². The van der Waals surface area contributed by atoms with Crippen molar-refractivity contribution in [2.45, 2.75) is 13.0 Å². The molecular weight excluding hydrogens is 384 g/mol. The fraction of sp³-hybridized carbons (Fsp3) is 0.158. The number of hydrogen-bond acceptors (Lipinski definition) is 6. The number of ether oxygens (including phenoxy) is 1. The van der Waals surface area contributed by atoms with E-state index in [9.17, 15) is 8.78 Å². The fourth-order valence-corrected chi connectivity index (χ4v) is 4.37. The highest BCUT2D eigenvalue weighted by atomic mass is 32.1. The molecule has 0 aliphatic carbocycles. The van der Waals surface area contributed by atoms with Crippen LogP contribution in [0.1, 0.15) is 17.9 Å². The van der Waals surface area contributed by atoms with Crippen LogP contribution < -0.4 is 0 Å². The summed E-state index contributed by atoms with van der Waals surface area (Å²) in [5.74, 6) is 0.527. The van der Waals surface area contributed by atoms with E-state index < -0.39 is 6.43 Å². The summed E-state index contributed by atoms with van der Waals surface area (Å²) in [7, 11) is 1.57. The van der Waals surface area contributed by atoms with Crippen LogP contribution in [0.3, 0.4) is 0 Å². The number of aromatic nitrogens is 5. The van der Waals surface area contributed by atoms with Crippen LogP contribution in [-0.2, 0) is 11.3 Å². The van der Waals surface area contributed by atoms with Gasteiger partial charge in [-0.05, 0) is 17.2 Å². The highest BCUT2D eigenvalue weighted by Crippen LogP contribution is 2.40. The molecule has 0 saturated heterocycles. The second-order valence-corrected chi connectivity index (χ2v) is 7.19. The minimum Gasteiger partial charge on any atom is -0.377 e. The number of benzene rings is 1. The highest BCUT2D eigenvalue weighted by Gasteiger charge is 2.21. The van der Waals surface area contributed by atoms with Crippen molar-refractivity contribution in [2.75, 3.05) is 7.11 Å². The number of fused-ring (bicyclic) bond motifs is 5. The van der Waals surface area contributed by atoms with E-state index in [4.69, 9.17) is 4.74 Å². The summed E-state index contributed by atoms with van der Waals surface area (Å²) in [6, 6.07) is 10.9. The molecule has 28 heavy (non-hydrogen) atoms. The lowest BCUT2D eigenvalue weighted by atomic mass is 10.0. The standard InChI is InChI=1S/C19H13F2N5OS/c1-27-8-13-24-18-16-15(22-9-26(18)25-13)14-11(10-5-3-2-4-6-10)7-12(17(20)21)23-19(14)28-16/h2-7,9,17H,8H2,1H3. The number of pyridine rings is 1. The molecule has 0 atom stereocenters. The SMILES string of the molecule is COCc1nc2c3sc4nc(C(F)F)cc(-c5ccccc5)c4c3ncn2n1. The number of methoxy groups -OCH3 is 1. The first-order valence-corrected chi connectivity index (χ1v) is 9.27. The number of rotatable bonds is 4. The maximum Gasteiger partial charge on any atom is 0.280 e. The molecule has 0 aliphatic rings. The second kappa shape index (κ2) is 6.54. The van der Waals surface area contributed by atoms with Crippen molar-refractivity contribution in [3.8, 4) is 11.1 Å². The summed E-state index contributed by atoms with van der Waals surface area (Å²) in [4.78, 5) is 13.7. The van der Waals surface area contributed by atoms with Crippen LogP contribution in [0.15, 0.2) is 42.7 Å². The molecule has 6 nitrogen and oxygen atoms in total. The maximum absolute atomic E-state index is 13.5. The van der Waals surface area contributed by atoms with E-state index in [1.807, 2.05) is 30.3 Å². The van der Waals surface area contributed by atoms with Gasteiger partial charge in [0.25, 0.3) is 6.43 Å². The van der Waals surface area contributed by atoms with Crippen molar-refractivity contribution >= 4 is 37.4 Å². The Balaban J connectivity index is 1.88. The minimum absolute atomic E-state index is 0.254. The Kier molecular flexibility index (Phi) is 3.99. The molecule has 0 radical (unpaired) electrons. The van der Waals surface area contributed by atoms with Gasteiger partial charge < -0.3 is 4.74 Å². The van der Waals surface area contributed by atoms with E-state index in [0.717, 1.165) is 15.6 Å². The highest BCUT2D eigenvalue weighted by molar-refractivity contribution is 7.26. The normalized spacial score (nSPS) is 12.0. The minimum atomic E-state index is -2.66. The molecule has 0 fully saturated rings. The van der Waals surface area contributed by atoms with Gasteiger partial charge in [0.05, 0.1) is 5.52 Å². The number of hydrogen-bond donors (Lipinski definition) is 0. The molecule has 4 aromatic heterocycles. The molecule has 0 aliphatic heterocycles. The Hall–Kier alpha value is -3.04. The average Bonchev–Trinajstić information content (AvgIpc) is 3.28. The molecular formula is C19H13F2N5OS. The molecule has 0 amide bonds. The van der Waals surface area contributed by atoms with E-state index >= 15 is 0 Å². The van der Waals surface area contributed by atoms with Crippen LogP contribution in [0.25, 0.3) is 37.2 Å². The average molecular weight is 397 g/mol. The zero-order chi connectivity index (χ0) is 19.3. The summed E-state index contributed by atoms with van der Waals surface area (Å²) >= 11 is 1.29. The molecule has 0 spiro atoms. The Morgan fingerprint density at radius 2 is 2.00 bits per heavy atom. The number of nitrogens with zero attached hydrogens (tertiary/aromatic N) is 5. The Bertz CT molecular complexity index is 1320. The zero-order valence-electron chi connectivity index (χ0n) is 14.6. The van der Waals surface area contributed by atoms with Crippen LogP contribution in [0.4, 0.5) is 8.78 Å². The number of halogens is 2. The molecule has 9 heteroatoms. The summed E-state index contributed by atoms with van der Waals surface area (Å²) in [6.45, 7) is 0.275. The largest absolute Gasteiger partial charge is 0.377 e. The fourth-order valence-electron chi connectivity index (χ4n) is 3.24. The summed E-state index contributed by atoms with van der Waals surface area (Å²) in [5.41, 5.74) is 2.55. The van der Waals surface area contributed by atoms with Crippen LogP contribution in [0.5, 0.6) is 0 Å². The quantitative estimate of drug-likeness (QED) is 0.442. The lowest BCUT2D eigenvalue weighted by Crippen LogP contribution is -1.93. The van der Waals surface area contributed by atoms with Gasteiger partial charge in [-0.15, -0.1) is 16.4 Å². The molecule has 0 bridgehead atoms. The van der Waals surface area contributed by atoms with Gasteiger partial charge in [0.15, 0.2) is 11.5 Å². The third-order valence-corrected chi connectivity index (χ3v) is 5.48. The molecule has 0 unspecified atom stereocenters. The van der Waals surface area contributed by atoms with Gasteiger partial charge in [0, 0.05) is 12.5 Å². The lowest BCUT2D eigenvalue weighted by Gasteiger charge is -2.07. The van der Waals surface area contributed by atoms with Crippen LogP contribution in [0.2, 0.25) is 0 Å². The van der Waals surface area contributed by atoms with E-state index in [0.29, 0.717) is 27.4 Å². The van der Waals surface area contributed by atoms with Gasteiger partial charge in [-0.1, -0.05) is 30.3 Å². The molecule has 5 aromatic rings. The maximum atomic E-state index is 13.5. The Morgan fingerprint density at radius 1 is 1.18 bits per heavy atom. The predicted molar refractivity (Wildman–Crippen MR) is 103 cm³/mol. The molecule has 4 heterocycles. The van der Waals surface area contributed by atoms with E-state index in [1.165, 1.54) is 17.4 Å². The molecule has 0 N–H and O–H groups in total. The monoisotopic (exact) mass is 397 g/mol. The van der Waals surface area contributed by atoms with Crippen molar-refractivity contribution in [3.05, 3.63) is 54.2 Å². The third kappa shape index (κ3) is 2.62. The predicted octanol–water partition coefficient (Wildman–Crippen LogP) is 4.64.